The normalized spacial score (nSPS) is 23.7. The number of esters is 1. The number of Topliss-reactive ketones (excluding diaryl/α,β-unsaturated/α-hetero) is 1. The zero-order valence-corrected chi connectivity index (χ0v) is 13.2. The fraction of sp³-hybridized carbons (Fsp3) is 0.368. The Kier molecular flexibility index (Phi) is 3.51. The minimum absolute atomic E-state index is 0.103. The zero-order chi connectivity index (χ0) is 15.9. The molecule has 2 aliphatic rings. The fourth-order valence-corrected chi connectivity index (χ4v) is 3.06. The number of ketones is 1. The van der Waals surface area contributed by atoms with E-state index in [0.717, 1.165) is 22.3 Å². The SMILES string of the molecule is CC(C)(C)/C=C1/C(=O)OC/C1=C1/CCC(=O)c2ccccc21. The lowest BCUT2D eigenvalue weighted by atomic mass is 9.81. The third kappa shape index (κ3) is 2.63. The quantitative estimate of drug-likeness (QED) is 0.538. The van der Waals surface area contributed by atoms with Gasteiger partial charge in [-0.05, 0) is 23.0 Å². The predicted octanol–water partition coefficient (Wildman–Crippen LogP) is 3.95. The van der Waals surface area contributed by atoms with Gasteiger partial charge in [-0.1, -0.05) is 51.1 Å². The van der Waals surface area contributed by atoms with Crippen molar-refractivity contribution in [1.82, 2.24) is 0 Å². The topological polar surface area (TPSA) is 43.4 Å². The van der Waals surface area contributed by atoms with Crippen LogP contribution in [-0.2, 0) is 9.53 Å². The molecule has 0 radical (unpaired) electrons. The van der Waals surface area contributed by atoms with E-state index in [-0.39, 0.29) is 17.2 Å². The van der Waals surface area contributed by atoms with E-state index in [0.29, 0.717) is 25.0 Å². The number of cyclic esters (lactones) is 1. The second kappa shape index (κ2) is 5.24. The van der Waals surface area contributed by atoms with Crippen molar-refractivity contribution in [3.63, 3.8) is 0 Å². The summed E-state index contributed by atoms with van der Waals surface area (Å²) in [4.78, 5) is 24.2. The van der Waals surface area contributed by atoms with Crippen LogP contribution in [0.4, 0.5) is 0 Å². The van der Waals surface area contributed by atoms with Gasteiger partial charge in [-0.2, -0.15) is 0 Å². The monoisotopic (exact) mass is 296 g/mol. The third-order valence-electron chi connectivity index (χ3n) is 3.99. The largest absolute Gasteiger partial charge is 0.457 e. The fourth-order valence-electron chi connectivity index (χ4n) is 3.06. The van der Waals surface area contributed by atoms with Crippen LogP contribution in [0.2, 0.25) is 0 Å². The Morgan fingerprint density at radius 1 is 1.00 bits per heavy atom. The molecule has 0 amide bonds. The van der Waals surface area contributed by atoms with Gasteiger partial charge >= 0.3 is 5.97 Å². The van der Waals surface area contributed by atoms with Gasteiger partial charge in [-0.25, -0.2) is 4.79 Å². The summed E-state index contributed by atoms with van der Waals surface area (Å²) in [5.74, 6) is -0.0849. The van der Waals surface area contributed by atoms with Crippen molar-refractivity contribution in [2.45, 2.75) is 33.6 Å². The molecule has 0 atom stereocenters. The highest BCUT2D eigenvalue weighted by molar-refractivity contribution is 6.07. The molecule has 1 fully saturated rings. The number of allylic oxidation sites excluding steroid dienone is 2. The number of hydrogen-bond acceptors (Lipinski definition) is 3. The Labute approximate surface area is 130 Å². The summed E-state index contributed by atoms with van der Waals surface area (Å²) in [5.41, 5.74) is 4.29. The zero-order valence-electron chi connectivity index (χ0n) is 13.2. The first kappa shape index (κ1) is 14.8. The van der Waals surface area contributed by atoms with Gasteiger partial charge in [0.15, 0.2) is 5.78 Å². The van der Waals surface area contributed by atoms with E-state index < -0.39 is 0 Å². The molecule has 114 valence electrons. The molecule has 22 heavy (non-hydrogen) atoms. The molecular formula is C19H20O3. The highest BCUT2D eigenvalue weighted by Crippen LogP contribution is 2.38. The van der Waals surface area contributed by atoms with Gasteiger partial charge in [0.2, 0.25) is 0 Å². The number of carbonyl (C=O) groups excluding carboxylic acids is 2. The third-order valence-corrected chi connectivity index (χ3v) is 3.99. The van der Waals surface area contributed by atoms with Crippen LogP contribution in [0, 0.1) is 5.41 Å². The number of ether oxygens (including phenoxy) is 1. The van der Waals surface area contributed by atoms with Crippen molar-refractivity contribution < 1.29 is 14.3 Å². The summed E-state index contributed by atoms with van der Waals surface area (Å²) in [7, 11) is 0. The molecule has 1 aromatic rings. The highest BCUT2D eigenvalue weighted by Gasteiger charge is 2.32. The Morgan fingerprint density at radius 3 is 2.36 bits per heavy atom. The predicted molar refractivity (Wildman–Crippen MR) is 85.4 cm³/mol. The molecule has 1 saturated heterocycles. The van der Waals surface area contributed by atoms with Crippen molar-refractivity contribution in [1.29, 1.82) is 0 Å². The van der Waals surface area contributed by atoms with Crippen LogP contribution in [0.1, 0.15) is 49.5 Å². The number of carbonyl (C=O) groups is 2. The summed E-state index contributed by atoms with van der Waals surface area (Å²) in [6.07, 6.45) is 3.14. The van der Waals surface area contributed by atoms with E-state index >= 15 is 0 Å². The van der Waals surface area contributed by atoms with Gasteiger partial charge < -0.3 is 4.74 Å². The van der Waals surface area contributed by atoms with Crippen LogP contribution in [0.15, 0.2) is 41.5 Å². The number of benzene rings is 1. The van der Waals surface area contributed by atoms with Crippen LogP contribution < -0.4 is 0 Å². The maximum absolute atomic E-state index is 12.1. The molecule has 0 unspecified atom stereocenters. The van der Waals surface area contributed by atoms with Crippen LogP contribution in [0.3, 0.4) is 0 Å². The summed E-state index contributed by atoms with van der Waals surface area (Å²) >= 11 is 0. The van der Waals surface area contributed by atoms with Gasteiger partial charge in [0, 0.05) is 17.6 Å². The molecule has 3 rings (SSSR count). The maximum atomic E-state index is 12.1. The molecule has 0 N–H and O–H groups in total. The highest BCUT2D eigenvalue weighted by atomic mass is 16.5. The molecule has 1 aromatic carbocycles. The van der Waals surface area contributed by atoms with Gasteiger partial charge in [-0.3, -0.25) is 4.79 Å². The molecular weight excluding hydrogens is 276 g/mol. The lowest BCUT2D eigenvalue weighted by molar-refractivity contribution is -0.135. The smallest absolute Gasteiger partial charge is 0.338 e. The van der Waals surface area contributed by atoms with Crippen molar-refractivity contribution in [3.8, 4) is 0 Å². The Balaban J connectivity index is 2.18. The lowest BCUT2D eigenvalue weighted by Gasteiger charge is -2.20. The molecule has 1 aliphatic heterocycles. The first-order chi connectivity index (χ1) is 10.4. The second-order valence-electron chi connectivity index (χ2n) is 6.93. The van der Waals surface area contributed by atoms with E-state index in [9.17, 15) is 9.59 Å². The molecule has 0 saturated carbocycles. The number of fused-ring (bicyclic) bond motifs is 1. The van der Waals surface area contributed by atoms with Gasteiger partial charge in [0.1, 0.15) is 6.61 Å². The molecule has 3 nitrogen and oxygen atoms in total. The van der Waals surface area contributed by atoms with Crippen LogP contribution in [-0.4, -0.2) is 18.4 Å². The first-order valence-electron chi connectivity index (χ1n) is 7.62. The molecule has 1 heterocycles. The van der Waals surface area contributed by atoms with Crippen LogP contribution >= 0.6 is 0 Å². The number of rotatable bonds is 0. The average Bonchev–Trinajstić information content (AvgIpc) is 2.79. The van der Waals surface area contributed by atoms with Crippen molar-refractivity contribution >= 4 is 17.3 Å². The Morgan fingerprint density at radius 2 is 1.68 bits per heavy atom. The lowest BCUT2D eigenvalue weighted by Crippen LogP contribution is -2.12. The summed E-state index contributed by atoms with van der Waals surface area (Å²) in [6.45, 7) is 6.49. The number of hydrogen-bond donors (Lipinski definition) is 0. The first-order valence-corrected chi connectivity index (χ1v) is 7.62. The average molecular weight is 296 g/mol. The molecule has 1 aliphatic carbocycles. The standard InChI is InChI=1S/C19H20O3/c1-19(2,3)10-15-16(11-22-18(15)21)13-8-9-17(20)14-7-5-4-6-12(13)14/h4-7,10H,8-9,11H2,1-3H3/b15-10+,16-13+. The van der Waals surface area contributed by atoms with Gasteiger partial charge in [0.05, 0.1) is 5.57 Å². The molecule has 3 heteroatoms. The molecule has 0 spiro atoms. The summed E-state index contributed by atoms with van der Waals surface area (Å²) in [6, 6.07) is 7.64. The van der Waals surface area contributed by atoms with Crippen molar-refractivity contribution in [3.05, 3.63) is 52.6 Å². The summed E-state index contributed by atoms with van der Waals surface area (Å²) in [5, 5.41) is 0. The van der Waals surface area contributed by atoms with Crippen molar-refractivity contribution in [2.75, 3.05) is 6.61 Å². The molecule has 0 bridgehead atoms. The van der Waals surface area contributed by atoms with Crippen LogP contribution in [0.5, 0.6) is 0 Å². The van der Waals surface area contributed by atoms with Gasteiger partial charge in [-0.15, -0.1) is 0 Å². The Bertz CT molecular complexity index is 714. The minimum atomic E-state index is -0.258. The van der Waals surface area contributed by atoms with Crippen molar-refractivity contribution in [2.24, 2.45) is 5.41 Å². The van der Waals surface area contributed by atoms with Crippen LogP contribution in [0.25, 0.3) is 5.57 Å². The van der Waals surface area contributed by atoms with E-state index in [2.05, 4.69) is 20.8 Å². The summed E-state index contributed by atoms with van der Waals surface area (Å²) < 4.78 is 5.27. The van der Waals surface area contributed by atoms with E-state index in [1.807, 2.05) is 30.3 Å². The van der Waals surface area contributed by atoms with E-state index in [1.54, 1.807) is 0 Å². The van der Waals surface area contributed by atoms with E-state index in [4.69, 9.17) is 4.74 Å². The van der Waals surface area contributed by atoms with E-state index in [1.165, 1.54) is 0 Å². The maximum Gasteiger partial charge on any atom is 0.338 e. The molecule has 0 aromatic heterocycles. The van der Waals surface area contributed by atoms with Gasteiger partial charge in [0.25, 0.3) is 0 Å². The minimum Gasteiger partial charge on any atom is -0.457 e. The Hall–Kier alpha value is -2.16. The second-order valence-corrected chi connectivity index (χ2v) is 6.93.